The summed E-state index contributed by atoms with van der Waals surface area (Å²) in [5, 5.41) is 3.71. The van der Waals surface area contributed by atoms with E-state index in [-0.39, 0.29) is 0 Å². The van der Waals surface area contributed by atoms with Gasteiger partial charge in [-0.15, -0.1) is 0 Å². The summed E-state index contributed by atoms with van der Waals surface area (Å²) in [6.45, 7) is 7.55. The molecule has 3 rings (SSSR count). The van der Waals surface area contributed by atoms with Crippen LogP contribution in [0.3, 0.4) is 0 Å². The molecule has 2 heterocycles. The van der Waals surface area contributed by atoms with Crippen molar-refractivity contribution in [2.75, 3.05) is 13.1 Å². The van der Waals surface area contributed by atoms with E-state index >= 15 is 0 Å². The molecule has 0 spiro atoms. The predicted octanol–water partition coefficient (Wildman–Crippen LogP) is 2.39. The molecule has 0 radical (unpaired) electrons. The third-order valence-electron chi connectivity index (χ3n) is 5.45. The minimum absolute atomic E-state index is 0.654. The van der Waals surface area contributed by atoms with Crippen molar-refractivity contribution in [1.29, 1.82) is 0 Å². The quantitative estimate of drug-likeness (QED) is 0.789. The van der Waals surface area contributed by atoms with Crippen LogP contribution in [0.2, 0.25) is 0 Å². The SMILES string of the molecule is CC(N1CCCC1C1CCCN1)C1(C)CC1. The fourth-order valence-corrected chi connectivity index (χ4v) is 3.78. The normalized spacial score (nSPS) is 40.1. The maximum absolute atomic E-state index is 3.71. The Morgan fingerprint density at radius 2 is 2.06 bits per heavy atom. The molecule has 3 aliphatic rings. The van der Waals surface area contributed by atoms with E-state index in [4.69, 9.17) is 0 Å². The first kappa shape index (κ1) is 11.0. The average molecular weight is 222 g/mol. The molecule has 16 heavy (non-hydrogen) atoms. The van der Waals surface area contributed by atoms with Crippen molar-refractivity contribution < 1.29 is 0 Å². The van der Waals surface area contributed by atoms with Gasteiger partial charge in [0.1, 0.15) is 0 Å². The molecule has 2 aliphatic heterocycles. The fourth-order valence-electron chi connectivity index (χ4n) is 3.78. The summed E-state index contributed by atoms with van der Waals surface area (Å²) in [5.74, 6) is 0. The highest BCUT2D eigenvalue weighted by atomic mass is 15.2. The lowest BCUT2D eigenvalue weighted by molar-refractivity contribution is 0.116. The minimum Gasteiger partial charge on any atom is -0.312 e. The van der Waals surface area contributed by atoms with Gasteiger partial charge in [-0.05, 0) is 64.0 Å². The van der Waals surface area contributed by atoms with Crippen LogP contribution in [0.1, 0.15) is 52.4 Å². The molecule has 0 aromatic carbocycles. The van der Waals surface area contributed by atoms with Gasteiger partial charge >= 0.3 is 0 Å². The monoisotopic (exact) mass is 222 g/mol. The Kier molecular flexibility index (Phi) is 2.75. The van der Waals surface area contributed by atoms with Gasteiger partial charge in [0.2, 0.25) is 0 Å². The van der Waals surface area contributed by atoms with Gasteiger partial charge in [-0.2, -0.15) is 0 Å². The van der Waals surface area contributed by atoms with E-state index in [1.54, 1.807) is 0 Å². The molecule has 2 nitrogen and oxygen atoms in total. The van der Waals surface area contributed by atoms with Crippen LogP contribution in [0.4, 0.5) is 0 Å². The van der Waals surface area contributed by atoms with Crippen molar-refractivity contribution in [3.8, 4) is 0 Å². The standard InChI is InChI=1S/C14H26N2/c1-11(14(2)7-8-14)16-10-4-6-13(16)12-5-3-9-15-12/h11-13,15H,3-10H2,1-2H3. The highest BCUT2D eigenvalue weighted by Gasteiger charge is 2.48. The van der Waals surface area contributed by atoms with Crippen molar-refractivity contribution in [2.24, 2.45) is 5.41 Å². The van der Waals surface area contributed by atoms with Crippen LogP contribution in [-0.2, 0) is 0 Å². The first-order chi connectivity index (χ1) is 7.71. The summed E-state index contributed by atoms with van der Waals surface area (Å²) in [5.41, 5.74) is 0.654. The van der Waals surface area contributed by atoms with Gasteiger partial charge in [0, 0.05) is 18.1 Å². The molecule has 1 N–H and O–H groups in total. The fraction of sp³-hybridized carbons (Fsp3) is 1.00. The van der Waals surface area contributed by atoms with Gasteiger partial charge in [-0.3, -0.25) is 4.90 Å². The third-order valence-corrected chi connectivity index (χ3v) is 5.45. The number of nitrogens with zero attached hydrogens (tertiary/aromatic N) is 1. The summed E-state index contributed by atoms with van der Waals surface area (Å²) >= 11 is 0. The molecule has 2 heteroatoms. The number of hydrogen-bond donors (Lipinski definition) is 1. The van der Waals surface area contributed by atoms with Crippen LogP contribution >= 0.6 is 0 Å². The Morgan fingerprint density at radius 3 is 2.69 bits per heavy atom. The molecule has 1 saturated carbocycles. The zero-order valence-electron chi connectivity index (χ0n) is 10.8. The highest BCUT2D eigenvalue weighted by Crippen LogP contribution is 2.51. The molecule has 1 aliphatic carbocycles. The van der Waals surface area contributed by atoms with Crippen LogP contribution in [0.15, 0.2) is 0 Å². The summed E-state index contributed by atoms with van der Waals surface area (Å²) in [6, 6.07) is 2.45. The maximum atomic E-state index is 3.71. The number of nitrogens with one attached hydrogen (secondary N) is 1. The minimum atomic E-state index is 0.654. The molecule has 0 amide bonds. The molecular weight excluding hydrogens is 196 g/mol. The van der Waals surface area contributed by atoms with E-state index < -0.39 is 0 Å². The van der Waals surface area contributed by atoms with Gasteiger partial charge in [0.25, 0.3) is 0 Å². The van der Waals surface area contributed by atoms with Gasteiger partial charge in [0.05, 0.1) is 0 Å². The van der Waals surface area contributed by atoms with Gasteiger partial charge in [-0.1, -0.05) is 6.92 Å². The van der Waals surface area contributed by atoms with Crippen molar-refractivity contribution in [1.82, 2.24) is 10.2 Å². The van der Waals surface area contributed by atoms with Crippen LogP contribution in [0.25, 0.3) is 0 Å². The molecule has 2 saturated heterocycles. The largest absolute Gasteiger partial charge is 0.312 e. The summed E-state index contributed by atoms with van der Waals surface area (Å²) in [7, 11) is 0. The van der Waals surface area contributed by atoms with E-state index in [0.717, 1.165) is 18.1 Å². The molecule has 3 atom stereocenters. The highest BCUT2D eigenvalue weighted by molar-refractivity contribution is 5.02. The smallest absolute Gasteiger partial charge is 0.0252 e. The van der Waals surface area contributed by atoms with Crippen molar-refractivity contribution >= 4 is 0 Å². The van der Waals surface area contributed by atoms with Crippen LogP contribution in [0.5, 0.6) is 0 Å². The molecule has 3 fully saturated rings. The molecule has 3 unspecified atom stereocenters. The molecule has 0 aromatic rings. The van der Waals surface area contributed by atoms with Gasteiger partial charge in [-0.25, -0.2) is 0 Å². The molecule has 92 valence electrons. The lowest BCUT2D eigenvalue weighted by atomic mass is 9.96. The van der Waals surface area contributed by atoms with Crippen molar-refractivity contribution in [2.45, 2.75) is 70.5 Å². The first-order valence-corrected chi connectivity index (χ1v) is 7.20. The Morgan fingerprint density at radius 1 is 1.25 bits per heavy atom. The van der Waals surface area contributed by atoms with E-state index in [1.165, 1.54) is 51.6 Å². The lowest BCUT2D eigenvalue weighted by Gasteiger charge is -2.37. The molecule has 0 aromatic heterocycles. The summed E-state index contributed by atoms with van der Waals surface area (Å²) in [4.78, 5) is 2.83. The lowest BCUT2D eigenvalue weighted by Crippen LogP contribution is -2.49. The molecular formula is C14H26N2. The number of hydrogen-bond acceptors (Lipinski definition) is 2. The first-order valence-electron chi connectivity index (χ1n) is 7.20. The van der Waals surface area contributed by atoms with Crippen LogP contribution in [0, 0.1) is 5.41 Å². The Labute approximate surface area is 99.8 Å². The zero-order chi connectivity index (χ0) is 11.2. The number of likely N-dealkylation sites (tertiary alicyclic amines) is 1. The number of rotatable bonds is 3. The maximum Gasteiger partial charge on any atom is 0.0252 e. The van der Waals surface area contributed by atoms with E-state index in [2.05, 4.69) is 24.1 Å². The topological polar surface area (TPSA) is 15.3 Å². The predicted molar refractivity (Wildman–Crippen MR) is 67.6 cm³/mol. The van der Waals surface area contributed by atoms with Gasteiger partial charge < -0.3 is 5.32 Å². The second kappa shape index (κ2) is 3.99. The van der Waals surface area contributed by atoms with E-state index in [0.29, 0.717) is 5.41 Å². The Bertz CT molecular complexity index is 253. The second-order valence-corrected chi connectivity index (χ2v) is 6.48. The van der Waals surface area contributed by atoms with Crippen LogP contribution < -0.4 is 5.32 Å². The van der Waals surface area contributed by atoms with Crippen molar-refractivity contribution in [3.05, 3.63) is 0 Å². The molecule has 0 bridgehead atoms. The van der Waals surface area contributed by atoms with Gasteiger partial charge in [0.15, 0.2) is 0 Å². The van der Waals surface area contributed by atoms with Crippen LogP contribution in [-0.4, -0.2) is 36.1 Å². The third kappa shape index (κ3) is 1.80. The Hall–Kier alpha value is -0.0800. The zero-order valence-corrected chi connectivity index (χ0v) is 10.8. The van der Waals surface area contributed by atoms with E-state index in [1.807, 2.05) is 0 Å². The van der Waals surface area contributed by atoms with Crippen molar-refractivity contribution in [3.63, 3.8) is 0 Å². The van der Waals surface area contributed by atoms with E-state index in [9.17, 15) is 0 Å². The summed E-state index contributed by atoms with van der Waals surface area (Å²) < 4.78 is 0. The second-order valence-electron chi connectivity index (χ2n) is 6.48. The Balaban J connectivity index is 1.68. The average Bonchev–Trinajstić information content (AvgIpc) is 2.80. The summed E-state index contributed by atoms with van der Waals surface area (Å²) in [6.07, 6.45) is 8.55.